The molecule has 1 N–H and O–H groups in total. The number of pyridine rings is 1. The summed E-state index contributed by atoms with van der Waals surface area (Å²) in [7, 11) is 0. The maximum Gasteiger partial charge on any atom is 0.137 e. The van der Waals surface area contributed by atoms with Gasteiger partial charge >= 0.3 is 0 Å². The SMILES string of the molecule is Cc1cccc(-c2nc3ccccn3c2-c2ccnc([NH-])n2)c1.[Y]. The zero-order valence-corrected chi connectivity index (χ0v) is 16.0. The van der Waals surface area contributed by atoms with Gasteiger partial charge in [-0.1, -0.05) is 29.8 Å². The number of fused-ring (bicyclic) bond motifs is 1. The van der Waals surface area contributed by atoms with Crippen LogP contribution >= 0.6 is 0 Å². The Bertz CT molecular complexity index is 1010. The minimum atomic E-state index is 0. The van der Waals surface area contributed by atoms with Crippen molar-refractivity contribution < 1.29 is 32.7 Å². The third-order valence-electron chi connectivity index (χ3n) is 3.72. The average molecular weight is 389 g/mol. The standard InChI is InChI=1S/C18H14N5.Y/c1-12-5-4-6-13(11-12)16-17(14-8-9-20-18(19)21-14)23-10-3-2-7-15(23)22-16;/h2-11H,1H3,(H-,19,20,21);/q-1;. The molecule has 0 aliphatic carbocycles. The molecule has 0 unspecified atom stereocenters. The Morgan fingerprint density at radius 3 is 2.67 bits per heavy atom. The molecule has 6 heteroatoms. The van der Waals surface area contributed by atoms with Gasteiger partial charge in [-0.2, -0.15) is 0 Å². The van der Waals surface area contributed by atoms with E-state index in [-0.39, 0.29) is 38.7 Å². The molecule has 0 atom stereocenters. The van der Waals surface area contributed by atoms with Crippen LogP contribution in [0.1, 0.15) is 5.56 Å². The molecule has 115 valence electrons. The fourth-order valence-electron chi connectivity index (χ4n) is 2.72. The normalized spacial score (nSPS) is 10.5. The van der Waals surface area contributed by atoms with E-state index in [4.69, 9.17) is 10.7 Å². The van der Waals surface area contributed by atoms with Gasteiger partial charge < -0.3 is 15.7 Å². The van der Waals surface area contributed by atoms with Crippen LogP contribution in [0, 0.1) is 6.92 Å². The summed E-state index contributed by atoms with van der Waals surface area (Å²) in [5.74, 6) is 0.00331. The van der Waals surface area contributed by atoms with Crippen molar-refractivity contribution in [2.45, 2.75) is 6.92 Å². The molecule has 24 heavy (non-hydrogen) atoms. The first-order chi connectivity index (χ1) is 11.2. The van der Waals surface area contributed by atoms with Crippen molar-refractivity contribution in [2.24, 2.45) is 0 Å². The first kappa shape index (κ1) is 16.7. The monoisotopic (exact) mass is 389 g/mol. The minimum absolute atomic E-state index is 0. The molecule has 0 aliphatic rings. The number of aromatic nitrogens is 4. The van der Waals surface area contributed by atoms with E-state index in [9.17, 15) is 0 Å². The smallest absolute Gasteiger partial charge is 0.137 e. The van der Waals surface area contributed by atoms with E-state index in [1.807, 2.05) is 47.0 Å². The number of hydrogen-bond donors (Lipinski definition) is 0. The molecular formula is C18H14N5Y-. The van der Waals surface area contributed by atoms with Crippen LogP contribution in [0.2, 0.25) is 0 Å². The zero-order chi connectivity index (χ0) is 15.8. The van der Waals surface area contributed by atoms with Crippen LogP contribution in [0.5, 0.6) is 0 Å². The molecule has 0 aliphatic heterocycles. The molecule has 3 aromatic heterocycles. The Morgan fingerprint density at radius 2 is 1.88 bits per heavy atom. The maximum atomic E-state index is 7.70. The Balaban J connectivity index is 0.00000169. The van der Waals surface area contributed by atoms with E-state index in [1.54, 1.807) is 6.20 Å². The number of hydrogen-bond acceptors (Lipinski definition) is 3. The Labute approximate surface area is 164 Å². The van der Waals surface area contributed by atoms with Crippen LogP contribution in [0.25, 0.3) is 34.0 Å². The third kappa shape index (κ3) is 2.97. The Morgan fingerprint density at radius 1 is 1.00 bits per heavy atom. The fraction of sp³-hybridized carbons (Fsp3) is 0.0556. The summed E-state index contributed by atoms with van der Waals surface area (Å²) in [5.41, 5.74) is 13.2. The number of rotatable bonds is 2. The van der Waals surface area contributed by atoms with Crippen LogP contribution in [0.3, 0.4) is 0 Å². The van der Waals surface area contributed by atoms with Crippen LogP contribution in [0.15, 0.2) is 60.9 Å². The van der Waals surface area contributed by atoms with Crippen molar-refractivity contribution in [1.29, 1.82) is 0 Å². The summed E-state index contributed by atoms with van der Waals surface area (Å²) in [4.78, 5) is 12.9. The molecule has 5 nitrogen and oxygen atoms in total. The zero-order valence-electron chi connectivity index (χ0n) is 13.1. The van der Waals surface area contributed by atoms with Gasteiger partial charge in [-0.3, -0.25) is 4.40 Å². The van der Waals surface area contributed by atoms with Gasteiger partial charge in [-0.25, -0.2) is 4.98 Å². The van der Waals surface area contributed by atoms with E-state index in [2.05, 4.69) is 29.0 Å². The summed E-state index contributed by atoms with van der Waals surface area (Å²) < 4.78 is 2.00. The molecule has 4 aromatic rings. The van der Waals surface area contributed by atoms with E-state index in [0.717, 1.165) is 22.6 Å². The van der Waals surface area contributed by atoms with E-state index in [0.29, 0.717) is 5.69 Å². The van der Waals surface area contributed by atoms with Gasteiger partial charge in [-0.05, 0) is 37.4 Å². The van der Waals surface area contributed by atoms with Gasteiger partial charge in [0.15, 0.2) is 0 Å². The van der Waals surface area contributed by atoms with Crippen molar-refractivity contribution in [3.63, 3.8) is 0 Å². The summed E-state index contributed by atoms with van der Waals surface area (Å²) in [6.45, 7) is 2.06. The van der Waals surface area contributed by atoms with Crippen molar-refractivity contribution in [3.8, 4) is 22.6 Å². The minimum Gasteiger partial charge on any atom is -0.410 e. The fourth-order valence-corrected chi connectivity index (χ4v) is 2.72. The van der Waals surface area contributed by atoms with Crippen molar-refractivity contribution >= 4 is 11.6 Å². The van der Waals surface area contributed by atoms with Crippen LogP contribution < -0.4 is 0 Å². The molecule has 1 radical (unpaired) electrons. The summed E-state index contributed by atoms with van der Waals surface area (Å²) in [6.07, 6.45) is 3.57. The first-order valence-electron chi connectivity index (χ1n) is 7.31. The molecule has 1 aromatic carbocycles. The van der Waals surface area contributed by atoms with Gasteiger partial charge in [-0.15, -0.1) is 0 Å². The second kappa shape index (κ2) is 6.79. The Kier molecular flexibility index (Phi) is 4.74. The van der Waals surface area contributed by atoms with Gasteiger partial charge in [0.25, 0.3) is 0 Å². The van der Waals surface area contributed by atoms with Crippen LogP contribution in [-0.2, 0) is 32.7 Å². The third-order valence-corrected chi connectivity index (χ3v) is 3.72. The molecule has 0 fully saturated rings. The molecule has 3 heterocycles. The number of aryl methyl sites for hydroxylation is 1. The van der Waals surface area contributed by atoms with E-state index >= 15 is 0 Å². The van der Waals surface area contributed by atoms with Gasteiger partial charge in [0.1, 0.15) is 5.65 Å². The summed E-state index contributed by atoms with van der Waals surface area (Å²) in [5, 5.41) is 0. The second-order valence-corrected chi connectivity index (χ2v) is 5.37. The number of imidazole rings is 1. The molecule has 0 saturated heterocycles. The molecule has 0 bridgehead atoms. The largest absolute Gasteiger partial charge is 0.410 e. The summed E-state index contributed by atoms with van der Waals surface area (Å²) >= 11 is 0. The number of benzene rings is 1. The van der Waals surface area contributed by atoms with Crippen LogP contribution in [0.4, 0.5) is 5.95 Å². The Hall–Kier alpha value is -2.11. The summed E-state index contributed by atoms with van der Waals surface area (Å²) in [6, 6.07) is 15.9. The second-order valence-electron chi connectivity index (χ2n) is 5.37. The predicted octanol–water partition coefficient (Wildman–Crippen LogP) is 4.45. The predicted molar refractivity (Wildman–Crippen MR) is 90.4 cm³/mol. The first-order valence-corrected chi connectivity index (χ1v) is 7.31. The van der Waals surface area contributed by atoms with E-state index < -0.39 is 0 Å². The van der Waals surface area contributed by atoms with Crippen molar-refractivity contribution in [2.75, 3.05) is 0 Å². The average Bonchev–Trinajstić information content (AvgIpc) is 2.94. The quantitative estimate of drug-likeness (QED) is 0.509. The molecule has 0 amide bonds. The van der Waals surface area contributed by atoms with Gasteiger partial charge in [0, 0.05) is 56.1 Å². The molecule has 4 rings (SSSR count). The topological polar surface area (TPSA) is 66.9 Å². The van der Waals surface area contributed by atoms with Crippen LogP contribution in [-0.4, -0.2) is 19.4 Å². The molecule has 0 spiro atoms. The molecule has 0 saturated carbocycles. The number of nitrogens with zero attached hydrogens (tertiary/aromatic N) is 4. The van der Waals surface area contributed by atoms with Gasteiger partial charge in [0.05, 0.1) is 11.4 Å². The van der Waals surface area contributed by atoms with E-state index in [1.165, 1.54) is 5.56 Å². The maximum absolute atomic E-state index is 7.70. The van der Waals surface area contributed by atoms with Crippen molar-refractivity contribution in [1.82, 2.24) is 19.4 Å². The van der Waals surface area contributed by atoms with Gasteiger partial charge in [0.2, 0.25) is 0 Å². The van der Waals surface area contributed by atoms with Crippen molar-refractivity contribution in [3.05, 3.63) is 72.2 Å². The molecular weight excluding hydrogens is 375 g/mol. The number of nitrogens with one attached hydrogen (secondary N) is 1.